The Morgan fingerprint density at radius 1 is 1.33 bits per heavy atom. The minimum Gasteiger partial charge on any atom is -0.385 e. The maximum absolute atomic E-state index is 12.1. The lowest BCUT2D eigenvalue weighted by Gasteiger charge is -2.30. The molecule has 18 heavy (non-hydrogen) atoms. The van der Waals surface area contributed by atoms with Crippen molar-refractivity contribution in [3.05, 3.63) is 0 Å². The van der Waals surface area contributed by atoms with Gasteiger partial charge >= 0.3 is 0 Å². The molecule has 1 N–H and O–H groups in total. The first kappa shape index (κ1) is 16.1. The summed E-state index contributed by atoms with van der Waals surface area (Å²) >= 11 is 0. The Kier molecular flexibility index (Phi) is 8.90. The fraction of sp³-hybridized carbons (Fsp3) is 1.00. The SMILES string of the molecule is CCNC(CS(=O)CCCOC)C1CCCCC1. The van der Waals surface area contributed by atoms with Crippen LogP contribution in [0.3, 0.4) is 0 Å². The van der Waals surface area contributed by atoms with E-state index >= 15 is 0 Å². The predicted molar refractivity (Wildman–Crippen MR) is 78.4 cm³/mol. The quantitative estimate of drug-likeness (QED) is 0.656. The van der Waals surface area contributed by atoms with Gasteiger partial charge in [-0.1, -0.05) is 26.2 Å². The lowest BCUT2D eigenvalue weighted by Crippen LogP contribution is -2.41. The fourth-order valence-corrected chi connectivity index (χ4v) is 4.21. The van der Waals surface area contributed by atoms with E-state index in [1.165, 1.54) is 32.1 Å². The van der Waals surface area contributed by atoms with Crippen molar-refractivity contribution < 1.29 is 8.95 Å². The molecule has 1 rings (SSSR count). The maximum Gasteiger partial charge on any atom is 0.0471 e. The monoisotopic (exact) mass is 275 g/mol. The number of nitrogens with one attached hydrogen (secondary N) is 1. The molecular formula is C14H29NO2S. The van der Waals surface area contributed by atoms with Crippen molar-refractivity contribution in [3.8, 4) is 0 Å². The Morgan fingerprint density at radius 3 is 2.67 bits per heavy atom. The van der Waals surface area contributed by atoms with E-state index in [0.717, 1.165) is 37.0 Å². The molecule has 2 unspecified atom stereocenters. The van der Waals surface area contributed by atoms with Crippen molar-refractivity contribution in [2.45, 2.75) is 51.5 Å². The summed E-state index contributed by atoms with van der Waals surface area (Å²) in [5.41, 5.74) is 0. The van der Waals surface area contributed by atoms with Gasteiger partial charge in [-0.15, -0.1) is 0 Å². The predicted octanol–water partition coefficient (Wildman–Crippen LogP) is 2.33. The number of rotatable bonds is 9. The molecule has 0 amide bonds. The summed E-state index contributed by atoms with van der Waals surface area (Å²) in [6, 6.07) is 0.457. The third kappa shape index (κ3) is 6.30. The van der Waals surface area contributed by atoms with E-state index in [9.17, 15) is 4.21 Å². The van der Waals surface area contributed by atoms with Gasteiger partial charge in [0, 0.05) is 42.1 Å². The van der Waals surface area contributed by atoms with Gasteiger partial charge in [0.05, 0.1) is 0 Å². The average molecular weight is 275 g/mol. The second-order valence-electron chi connectivity index (χ2n) is 5.22. The standard InChI is InChI=1S/C14H29NO2S/c1-3-15-14(13-8-5-4-6-9-13)12-18(16)11-7-10-17-2/h13-15H,3-12H2,1-2H3. The summed E-state index contributed by atoms with van der Waals surface area (Å²) in [7, 11) is 1.00. The second kappa shape index (κ2) is 9.93. The maximum atomic E-state index is 12.1. The number of hydrogen-bond acceptors (Lipinski definition) is 3. The van der Waals surface area contributed by atoms with E-state index in [1.807, 2.05) is 0 Å². The van der Waals surface area contributed by atoms with Crippen LogP contribution in [-0.4, -0.2) is 42.0 Å². The third-order valence-electron chi connectivity index (χ3n) is 3.77. The van der Waals surface area contributed by atoms with E-state index in [4.69, 9.17) is 4.74 Å². The van der Waals surface area contributed by atoms with Crippen molar-refractivity contribution in [2.24, 2.45) is 5.92 Å². The molecule has 1 aliphatic carbocycles. The van der Waals surface area contributed by atoms with Crippen LogP contribution in [0.25, 0.3) is 0 Å². The molecule has 3 nitrogen and oxygen atoms in total. The van der Waals surface area contributed by atoms with Gasteiger partial charge in [-0.25, -0.2) is 0 Å². The first-order chi connectivity index (χ1) is 8.77. The zero-order valence-corrected chi connectivity index (χ0v) is 12.8. The molecule has 0 saturated heterocycles. The summed E-state index contributed by atoms with van der Waals surface area (Å²) < 4.78 is 17.1. The van der Waals surface area contributed by atoms with Crippen molar-refractivity contribution in [2.75, 3.05) is 31.8 Å². The van der Waals surface area contributed by atoms with Crippen molar-refractivity contribution >= 4 is 10.8 Å². The minimum absolute atomic E-state index is 0.457. The summed E-state index contributed by atoms with van der Waals surface area (Å²) in [6.07, 6.45) is 7.62. The largest absolute Gasteiger partial charge is 0.385 e. The summed E-state index contributed by atoms with van der Waals surface area (Å²) in [5.74, 6) is 2.34. The van der Waals surface area contributed by atoms with Gasteiger partial charge in [0.1, 0.15) is 0 Å². The topological polar surface area (TPSA) is 38.3 Å². The van der Waals surface area contributed by atoms with Crippen LogP contribution in [0.2, 0.25) is 0 Å². The van der Waals surface area contributed by atoms with Crippen LogP contribution in [0.1, 0.15) is 45.4 Å². The van der Waals surface area contributed by atoms with E-state index in [2.05, 4.69) is 12.2 Å². The number of hydrogen-bond donors (Lipinski definition) is 1. The molecule has 0 heterocycles. The summed E-state index contributed by atoms with van der Waals surface area (Å²) in [5, 5.41) is 3.55. The summed E-state index contributed by atoms with van der Waals surface area (Å²) in [6.45, 7) is 3.85. The summed E-state index contributed by atoms with van der Waals surface area (Å²) in [4.78, 5) is 0. The van der Waals surface area contributed by atoms with Gasteiger partial charge in [-0.05, 0) is 31.7 Å². The Labute approximate surface area is 115 Å². The zero-order valence-electron chi connectivity index (χ0n) is 12.0. The Morgan fingerprint density at radius 2 is 2.06 bits per heavy atom. The van der Waals surface area contributed by atoms with Crippen LogP contribution < -0.4 is 5.32 Å². The highest BCUT2D eigenvalue weighted by atomic mass is 32.2. The van der Waals surface area contributed by atoms with Crippen molar-refractivity contribution in [3.63, 3.8) is 0 Å². The van der Waals surface area contributed by atoms with Crippen molar-refractivity contribution in [1.82, 2.24) is 5.32 Å². The van der Waals surface area contributed by atoms with E-state index in [0.29, 0.717) is 6.04 Å². The van der Waals surface area contributed by atoms with Crippen LogP contribution in [0.5, 0.6) is 0 Å². The van der Waals surface area contributed by atoms with Gasteiger partial charge in [-0.2, -0.15) is 0 Å². The van der Waals surface area contributed by atoms with Crippen LogP contribution in [0.4, 0.5) is 0 Å². The molecule has 0 aliphatic heterocycles. The van der Waals surface area contributed by atoms with Crippen LogP contribution in [-0.2, 0) is 15.5 Å². The molecule has 0 radical (unpaired) electrons. The number of methoxy groups -OCH3 is 1. The molecule has 0 spiro atoms. The molecule has 1 aliphatic rings. The molecule has 1 fully saturated rings. The van der Waals surface area contributed by atoms with E-state index in [-0.39, 0.29) is 0 Å². The minimum atomic E-state index is -0.697. The smallest absolute Gasteiger partial charge is 0.0471 e. The fourth-order valence-electron chi connectivity index (χ4n) is 2.81. The lowest BCUT2D eigenvalue weighted by molar-refractivity contribution is 0.200. The third-order valence-corrected chi connectivity index (χ3v) is 5.25. The van der Waals surface area contributed by atoms with Gasteiger partial charge in [0.15, 0.2) is 0 Å². The highest BCUT2D eigenvalue weighted by Crippen LogP contribution is 2.26. The van der Waals surface area contributed by atoms with Gasteiger partial charge in [0.25, 0.3) is 0 Å². The molecule has 0 aromatic rings. The first-order valence-electron chi connectivity index (χ1n) is 7.35. The van der Waals surface area contributed by atoms with Crippen LogP contribution in [0.15, 0.2) is 0 Å². The van der Waals surface area contributed by atoms with E-state index < -0.39 is 10.8 Å². The molecule has 2 atom stereocenters. The van der Waals surface area contributed by atoms with Gasteiger partial charge < -0.3 is 10.1 Å². The normalized spacial score (nSPS) is 20.8. The van der Waals surface area contributed by atoms with E-state index in [1.54, 1.807) is 7.11 Å². The molecule has 4 heteroatoms. The molecule has 0 aromatic carbocycles. The Hall–Kier alpha value is 0.0700. The molecule has 108 valence electrons. The zero-order chi connectivity index (χ0) is 13.2. The second-order valence-corrected chi connectivity index (χ2v) is 6.84. The first-order valence-corrected chi connectivity index (χ1v) is 8.84. The van der Waals surface area contributed by atoms with Crippen LogP contribution >= 0.6 is 0 Å². The molecular weight excluding hydrogens is 246 g/mol. The highest BCUT2D eigenvalue weighted by Gasteiger charge is 2.24. The lowest BCUT2D eigenvalue weighted by atomic mass is 9.84. The van der Waals surface area contributed by atoms with Crippen molar-refractivity contribution in [1.29, 1.82) is 0 Å². The van der Waals surface area contributed by atoms with Gasteiger partial charge in [-0.3, -0.25) is 4.21 Å². The Bertz CT molecular complexity index is 230. The average Bonchev–Trinajstić information content (AvgIpc) is 2.39. The molecule has 0 aromatic heterocycles. The Balaban J connectivity index is 2.33. The van der Waals surface area contributed by atoms with Crippen LogP contribution in [0, 0.1) is 5.92 Å². The highest BCUT2D eigenvalue weighted by molar-refractivity contribution is 7.85. The van der Waals surface area contributed by atoms with Gasteiger partial charge in [0.2, 0.25) is 0 Å². The molecule has 0 bridgehead atoms. The molecule has 1 saturated carbocycles. The number of ether oxygens (including phenoxy) is 1.